The second-order valence-corrected chi connectivity index (χ2v) is 7.60. The molecule has 0 unspecified atom stereocenters. The molecule has 4 aromatic rings. The maximum absolute atomic E-state index is 14.4. The molecule has 5 heterocycles. The van der Waals surface area contributed by atoms with Gasteiger partial charge in [-0.3, -0.25) is 9.20 Å². The molecular weight excluding hydrogens is 373 g/mol. The third kappa shape index (κ3) is 3.01. The zero-order valence-electron chi connectivity index (χ0n) is 15.9. The van der Waals surface area contributed by atoms with Crippen LogP contribution in [0.25, 0.3) is 22.6 Å². The molecule has 0 atom stereocenters. The first kappa shape index (κ1) is 18.0. The number of pyridine rings is 2. The average molecular weight is 393 g/mol. The summed E-state index contributed by atoms with van der Waals surface area (Å²) in [6, 6.07) is 6.25. The molecule has 4 aromatic heterocycles. The number of aryl methyl sites for hydroxylation is 1. The van der Waals surface area contributed by atoms with Crippen molar-refractivity contribution in [3.63, 3.8) is 0 Å². The van der Waals surface area contributed by atoms with E-state index in [0.29, 0.717) is 41.0 Å². The highest BCUT2D eigenvalue weighted by atomic mass is 19.1. The smallest absolute Gasteiger partial charge is 0.258 e. The SMILES string of the molecule is Cc1cn2cc(-c3cc(=O)n4cc(C5(O)CCNCC5)ccc4n3)cc(F)c2n1. The second kappa shape index (κ2) is 6.47. The lowest BCUT2D eigenvalue weighted by molar-refractivity contribution is 0.00556. The monoisotopic (exact) mass is 393 g/mol. The van der Waals surface area contributed by atoms with Crippen LogP contribution in [0.1, 0.15) is 24.1 Å². The van der Waals surface area contributed by atoms with E-state index in [0.717, 1.165) is 13.1 Å². The van der Waals surface area contributed by atoms with E-state index in [2.05, 4.69) is 15.3 Å². The Labute approximate surface area is 165 Å². The number of aliphatic hydroxyl groups is 1. The summed E-state index contributed by atoms with van der Waals surface area (Å²) in [5.74, 6) is -0.471. The molecule has 2 N–H and O–H groups in total. The molecule has 7 nitrogen and oxygen atoms in total. The van der Waals surface area contributed by atoms with Crippen LogP contribution in [0.4, 0.5) is 4.39 Å². The molecule has 1 fully saturated rings. The van der Waals surface area contributed by atoms with Crippen molar-refractivity contribution < 1.29 is 9.50 Å². The quantitative estimate of drug-likeness (QED) is 0.544. The summed E-state index contributed by atoms with van der Waals surface area (Å²) in [7, 11) is 0. The first-order valence-electron chi connectivity index (χ1n) is 9.55. The Morgan fingerprint density at radius 2 is 1.93 bits per heavy atom. The lowest BCUT2D eigenvalue weighted by atomic mass is 9.86. The highest BCUT2D eigenvalue weighted by Gasteiger charge is 2.31. The van der Waals surface area contributed by atoms with E-state index in [9.17, 15) is 14.3 Å². The van der Waals surface area contributed by atoms with Gasteiger partial charge in [-0.2, -0.15) is 0 Å². The topological polar surface area (TPSA) is 83.9 Å². The number of nitrogens with zero attached hydrogens (tertiary/aromatic N) is 4. The van der Waals surface area contributed by atoms with Crippen LogP contribution in [0.3, 0.4) is 0 Å². The van der Waals surface area contributed by atoms with E-state index in [1.54, 1.807) is 42.0 Å². The fourth-order valence-corrected chi connectivity index (χ4v) is 3.97. The van der Waals surface area contributed by atoms with Gasteiger partial charge in [0.15, 0.2) is 11.5 Å². The van der Waals surface area contributed by atoms with Crippen LogP contribution >= 0.6 is 0 Å². The van der Waals surface area contributed by atoms with Gasteiger partial charge in [-0.05, 0) is 45.0 Å². The molecule has 0 saturated carbocycles. The molecule has 1 saturated heterocycles. The van der Waals surface area contributed by atoms with Crippen LogP contribution in [0.2, 0.25) is 0 Å². The Hall–Kier alpha value is -3.10. The summed E-state index contributed by atoms with van der Waals surface area (Å²) in [5, 5.41) is 14.2. The number of imidazole rings is 1. The van der Waals surface area contributed by atoms with Gasteiger partial charge in [-0.15, -0.1) is 0 Å². The van der Waals surface area contributed by atoms with Crippen molar-refractivity contribution in [2.45, 2.75) is 25.4 Å². The molecule has 29 heavy (non-hydrogen) atoms. The van der Waals surface area contributed by atoms with E-state index in [-0.39, 0.29) is 11.2 Å². The van der Waals surface area contributed by atoms with Crippen molar-refractivity contribution in [2.75, 3.05) is 13.1 Å². The number of nitrogens with one attached hydrogen (secondary N) is 1. The van der Waals surface area contributed by atoms with E-state index < -0.39 is 11.4 Å². The summed E-state index contributed by atoms with van der Waals surface area (Å²) >= 11 is 0. The van der Waals surface area contributed by atoms with Crippen LogP contribution in [0, 0.1) is 12.7 Å². The van der Waals surface area contributed by atoms with Crippen molar-refractivity contribution in [3.8, 4) is 11.3 Å². The van der Waals surface area contributed by atoms with Gasteiger partial charge in [0, 0.05) is 35.8 Å². The lowest BCUT2D eigenvalue weighted by Gasteiger charge is -2.33. The van der Waals surface area contributed by atoms with Crippen LogP contribution in [0.5, 0.6) is 0 Å². The van der Waals surface area contributed by atoms with Crippen molar-refractivity contribution in [3.05, 3.63) is 70.3 Å². The zero-order chi connectivity index (χ0) is 20.2. The Kier molecular flexibility index (Phi) is 4.01. The minimum absolute atomic E-state index is 0.239. The van der Waals surface area contributed by atoms with Gasteiger partial charge in [0.2, 0.25) is 0 Å². The molecule has 0 radical (unpaired) electrons. The molecule has 5 rings (SSSR count). The van der Waals surface area contributed by atoms with Crippen LogP contribution < -0.4 is 10.9 Å². The Morgan fingerprint density at radius 3 is 2.72 bits per heavy atom. The van der Waals surface area contributed by atoms with Crippen LogP contribution in [0.15, 0.2) is 47.7 Å². The van der Waals surface area contributed by atoms with Crippen molar-refractivity contribution in [1.82, 2.24) is 24.1 Å². The summed E-state index contributed by atoms with van der Waals surface area (Å²) < 4.78 is 17.5. The van der Waals surface area contributed by atoms with Crippen LogP contribution in [-0.4, -0.2) is 37.0 Å². The molecular formula is C21H20FN5O2. The Bertz CT molecular complexity index is 1300. The molecule has 0 bridgehead atoms. The summed E-state index contributed by atoms with van der Waals surface area (Å²) in [6.07, 6.45) is 6.26. The summed E-state index contributed by atoms with van der Waals surface area (Å²) in [6.45, 7) is 3.24. The minimum atomic E-state index is -0.953. The fourth-order valence-electron chi connectivity index (χ4n) is 3.97. The van der Waals surface area contributed by atoms with E-state index in [1.165, 1.54) is 16.5 Å². The predicted molar refractivity (Wildman–Crippen MR) is 106 cm³/mol. The van der Waals surface area contributed by atoms with Crippen molar-refractivity contribution >= 4 is 11.3 Å². The highest BCUT2D eigenvalue weighted by molar-refractivity contribution is 5.63. The fraction of sp³-hybridized carbons (Fsp3) is 0.286. The number of hydrogen-bond donors (Lipinski definition) is 2. The van der Waals surface area contributed by atoms with E-state index >= 15 is 0 Å². The lowest BCUT2D eigenvalue weighted by Crippen LogP contribution is -2.40. The predicted octanol–water partition coefficient (Wildman–Crippen LogP) is 2.03. The van der Waals surface area contributed by atoms with Gasteiger partial charge in [0.05, 0.1) is 17.0 Å². The molecule has 0 aliphatic carbocycles. The second-order valence-electron chi connectivity index (χ2n) is 7.60. The molecule has 0 spiro atoms. The van der Waals surface area contributed by atoms with Gasteiger partial charge in [0.25, 0.3) is 5.56 Å². The van der Waals surface area contributed by atoms with Gasteiger partial charge in [0.1, 0.15) is 5.65 Å². The maximum Gasteiger partial charge on any atom is 0.258 e. The highest BCUT2D eigenvalue weighted by Crippen LogP contribution is 2.30. The molecule has 1 aliphatic heterocycles. The van der Waals surface area contributed by atoms with Gasteiger partial charge in [-0.1, -0.05) is 6.07 Å². The number of hydrogen-bond acceptors (Lipinski definition) is 5. The van der Waals surface area contributed by atoms with Crippen molar-refractivity contribution in [1.29, 1.82) is 0 Å². The van der Waals surface area contributed by atoms with E-state index in [4.69, 9.17) is 0 Å². The minimum Gasteiger partial charge on any atom is -0.385 e. The molecule has 148 valence electrons. The number of rotatable bonds is 2. The van der Waals surface area contributed by atoms with Gasteiger partial charge in [-0.25, -0.2) is 14.4 Å². The molecule has 0 amide bonds. The van der Waals surface area contributed by atoms with E-state index in [1.807, 2.05) is 0 Å². The standard InChI is InChI=1S/C21H20FN5O2/c1-13-10-26-11-14(8-16(22)20(26)24-13)17-9-19(28)27-12-15(2-3-18(27)25-17)21(29)4-6-23-7-5-21/h2-3,8-12,23,29H,4-7H2,1H3. The first-order valence-corrected chi connectivity index (χ1v) is 9.55. The number of fused-ring (bicyclic) bond motifs is 2. The third-order valence-corrected chi connectivity index (χ3v) is 5.55. The largest absolute Gasteiger partial charge is 0.385 e. The van der Waals surface area contributed by atoms with Gasteiger partial charge < -0.3 is 14.8 Å². The first-order chi connectivity index (χ1) is 13.9. The summed E-state index contributed by atoms with van der Waals surface area (Å²) in [4.78, 5) is 21.5. The molecule has 0 aromatic carbocycles. The third-order valence-electron chi connectivity index (χ3n) is 5.55. The van der Waals surface area contributed by atoms with Crippen LogP contribution in [-0.2, 0) is 5.60 Å². The maximum atomic E-state index is 14.4. The number of aromatic nitrogens is 4. The molecule has 1 aliphatic rings. The number of halogens is 1. The van der Waals surface area contributed by atoms with Crippen molar-refractivity contribution in [2.24, 2.45) is 0 Å². The normalized spacial score (nSPS) is 16.5. The number of piperidine rings is 1. The molecule has 8 heteroatoms. The zero-order valence-corrected chi connectivity index (χ0v) is 15.9. The average Bonchev–Trinajstić information content (AvgIpc) is 3.09. The Morgan fingerprint density at radius 1 is 1.14 bits per heavy atom. The summed E-state index contributed by atoms with van der Waals surface area (Å²) in [5.41, 5.74) is 1.72. The van der Waals surface area contributed by atoms with Gasteiger partial charge >= 0.3 is 0 Å². The Balaban J connectivity index is 1.62.